The molecule has 2 amide bonds. The van der Waals surface area contributed by atoms with Crippen molar-refractivity contribution in [3.63, 3.8) is 0 Å². The highest BCUT2D eigenvalue weighted by Crippen LogP contribution is 2.17. The van der Waals surface area contributed by atoms with E-state index in [2.05, 4.69) is 0 Å². The Morgan fingerprint density at radius 2 is 2.12 bits per heavy atom. The van der Waals surface area contributed by atoms with Gasteiger partial charge >= 0.3 is 6.03 Å². The van der Waals surface area contributed by atoms with Crippen molar-refractivity contribution in [2.24, 2.45) is 0 Å². The van der Waals surface area contributed by atoms with E-state index in [4.69, 9.17) is 10.5 Å². The largest absolute Gasteiger partial charge is 0.399 e. The van der Waals surface area contributed by atoms with Crippen LogP contribution in [0.3, 0.4) is 0 Å². The monoisotopic (exact) mass is 235 g/mol. The number of rotatable bonds is 1. The SMILES string of the molecule is CN(C(=O)N1CCOCC1)c1cccc(N)c1. The number of hydrogen-bond acceptors (Lipinski definition) is 3. The number of ether oxygens (including phenoxy) is 1. The molecular formula is C12H17N3O2. The molecule has 0 radical (unpaired) electrons. The standard InChI is InChI=1S/C12H17N3O2/c1-14(11-4-2-3-10(13)9-11)12(16)15-5-7-17-8-6-15/h2-4,9H,5-8,13H2,1H3. The predicted octanol–water partition coefficient (Wildman–Crippen LogP) is 1.16. The van der Waals surface area contributed by atoms with E-state index in [1.54, 1.807) is 29.0 Å². The van der Waals surface area contributed by atoms with Crippen LogP contribution >= 0.6 is 0 Å². The first kappa shape index (κ1) is 11.7. The van der Waals surface area contributed by atoms with E-state index >= 15 is 0 Å². The van der Waals surface area contributed by atoms with Crippen molar-refractivity contribution < 1.29 is 9.53 Å². The molecule has 1 aliphatic rings. The van der Waals surface area contributed by atoms with Gasteiger partial charge in [0.25, 0.3) is 0 Å². The van der Waals surface area contributed by atoms with Gasteiger partial charge in [-0.2, -0.15) is 0 Å². The number of anilines is 2. The molecule has 0 aromatic heterocycles. The second-order valence-electron chi connectivity index (χ2n) is 4.04. The molecule has 1 saturated heterocycles. The Bertz CT molecular complexity index is 402. The van der Waals surface area contributed by atoms with E-state index in [9.17, 15) is 4.79 Å². The van der Waals surface area contributed by atoms with Gasteiger partial charge in [-0.3, -0.25) is 4.90 Å². The van der Waals surface area contributed by atoms with E-state index in [-0.39, 0.29) is 6.03 Å². The fraction of sp³-hybridized carbons (Fsp3) is 0.417. The van der Waals surface area contributed by atoms with Gasteiger partial charge in [0.1, 0.15) is 0 Å². The summed E-state index contributed by atoms with van der Waals surface area (Å²) in [4.78, 5) is 15.6. The van der Waals surface area contributed by atoms with Gasteiger partial charge in [0.15, 0.2) is 0 Å². The van der Waals surface area contributed by atoms with Gasteiger partial charge in [0, 0.05) is 31.5 Å². The number of carbonyl (C=O) groups excluding carboxylic acids is 1. The molecule has 1 aliphatic heterocycles. The molecular weight excluding hydrogens is 218 g/mol. The van der Waals surface area contributed by atoms with Crippen LogP contribution in [-0.4, -0.2) is 44.3 Å². The number of morpholine rings is 1. The van der Waals surface area contributed by atoms with Gasteiger partial charge in [-0.25, -0.2) is 4.79 Å². The summed E-state index contributed by atoms with van der Waals surface area (Å²) >= 11 is 0. The third-order valence-corrected chi connectivity index (χ3v) is 2.83. The van der Waals surface area contributed by atoms with Crippen molar-refractivity contribution in [2.75, 3.05) is 44.0 Å². The minimum absolute atomic E-state index is 0.0149. The molecule has 1 fully saturated rings. The lowest BCUT2D eigenvalue weighted by atomic mass is 10.2. The maximum Gasteiger partial charge on any atom is 0.324 e. The van der Waals surface area contributed by atoms with Crippen molar-refractivity contribution in [3.8, 4) is 0 Å². The average Bonchev–Trinajstić information content (AvgIpc) is 2.38. The Kier molecular flexibility index (Phi) is 3.49. The first-order chi connectivity index (χ1) is 8.18. The molecule has 2 rings (SSSR count). The van der Waals surface area contributed by atoms with Crippen molar-refractivity contribution in [1.82, 2.24) is 4.90 Å². The minimum atomic E-state index is -0.0149. The van der Waals surface area contributed by atoms with Crippen LogP contribution in [0.2, 0.25) is 0 Å². The van der Waals surface area contributed by atoms with E-state index in [1.807, 2.05) is 12.1 Å². The van der Waals surface area contributed by atoms with Crippen LogP contribution < -0.4 is 10.6 Å². The minimum Gasteiger partial charge on any atom is -0.399 e. The first-order valence-electron chi connectivity index (χ1n) is 5.64. The molecule has 0 atom stereocenters. The number of amides is 2. The summed E-state index contributed by atoms with van der Waals surface area (Å²) in [5, 5.41) is 0. The number of nitrogens with zero attached hydrogens (tertiary/aromatic N) is 2. The van der Waals surface area contributed by atoms with E-state index in [0.717, 1.165) is 5.69 Å². The van der Waals surface area contributed by atoms with Crippen molar-refractivity contribution in [1.29, 1.82) is 0 Å². The molecule has 0 spiro atoms. The second kappa shape index (κ2) is 5.05. The zero-order valence-corrected chi connectivity index (χ0v) is 9.93. The van der Waals surface area contributed by atoms with E-state index < -0.39 is 0 Å². The van der Waals surface area contributed by atoms with Gasteiger partial charge in [0.05, 0.1) is 13.2 Å². The third kappa shape index (κ3) is 2.68. The Labute approximate surface area is 101 Å². The summed E-state index contributed by atoms with van der Waals surface area (Å²) in [6, 6.07) is 7.29. The second-order valence-corrected chi connectivity index (χ2v) is 4.04. The van der Waals surface area contributed by atoms with Crippen LogP contribution in [0, 0.1) is 0 Å². The molecule has 0 unspecified atom stereocenters. The van der Waals surface area contributed by atoms with Gasteiger partial charge < -0.3 is 15.4 Å². The Balaban J connectivity index is 2.08. The highest BCUT2D eigenvalue weighted by molar-refractivity contribution is 5.92. The zero-order valence-electron chi connectivity index (χ0n) is 9.93. The lowest BCUT2D eigenvalue weighted by molar-refractivity contribution is 0.0551. The van der Waals surface area contributed by atoms with E-state index in [1.165, 1.54) is 0 Å². The maximum absolute atomic E-state index is 12.2. The molecule has 0 aliphatic carbocycles. The maximum atomic E-state index is 12.2. The Morgan fingerprint density at radius 1 is 1.41 bits per heavy atom. The summed E-state index contributed by atoms with van der Waals surface area (Å²) in [5.74, 6) is 0. The van der Waals surface area contributed by atoms with Crippen LogP contribution in [0.15, 0.2) is 24.3 Å². The van der Waals surface area contributed by atoms with Crippen LogP contribution in [0.25, 0.3) is 0 Å². The molecule has 5 nitrogen and oxygen atoms in total. The van der Waals surface area contributed by atoms with Gasteiger partial charge in [-0.1, -0.05) is 6.07 Å². The molecule has 1 aromatic carbocycles. The lowest BCUT2D eigenvalue weighted by Gasteiger charge is -2.31. The fourth-order valence-electron chi connectivity index (χ4n) is 1.81. The van der Waals surface area contributed by atoms with Crippen LogP contribution in [-0.2, 0) is 4.74 Å². The van der Waals surface area contributed by atoms with Crippen LogP contribution in [0.5, 0.6) is 0 Å². The van der Waals surface area contributed by atoms with Gasteiger partial charge in [-0.05, 0) is 18.2 Å². The first-order valence-corrected chi connectivity index (χ1v) is 5.64. The van der Waals surface area contributed by atoms with Crippen LogP contribution in [0.1, 0.15) is 0 Å². The van der Waals surface area contributed by atoms with Gasteiger partial charge in [0.2, 0.25) is 0 Å². The Hall–Kier alpha value is -1.75. The zero-order chi connectivity index (χ0) is 12.3. The van der Waals surface area contributed by atoms with Crippen LogP contribution in [0.4, 0.5) is 16.2 Å². The highest BCUT2D eigenvalue weighted by atomic mass is 16.5. The number of hydrogen-bond donors (Lipinski definition) is 1. The highest BCUT2D eigenvalue weighted by Gasteiger charge is 2.21. The smallest absolute Gasteiger partial charge is 0.324 e. The van der Waals surface area contributed by atoms with Crippen molar-refractivity contribution >= 4 is 17.4 Å². The topological polar surface area (TPSA) is 58.8 Å². The van der Waals surface area contributed by atoms with Crippen molar-refractivity contribution in [2.45, 2.75) is 0 Å². The number of urea groups is 1. The molecule has 5 heteroatoms. The lowest BCUT2D eigenvalue weighted by Crippen LogP contribution is -2.47. The predicted molar refractivity (Wildman–Crippen MR) is 67.0 cm³/mol. The molecule has 0 saturated carbocycles. The molecule has 1 heterocycles. The Morgan fingerprint density at radius 3 is 2.76 bits per heavy atom. The van der Waals surface area contributed by atoms with E-state index in [0.29, 0.717) is 32.0 Å². The summed E-state index contributed by atoms with van der Waals surface area (Å²) in [6.07, 6.45) is 0. The number of benzene rings is 1. The number of nitrogens with two attached hydrogens (primary N) is 1. The summed E-state index contributed by atoms with van der Waals surface area (Å²) in [7, 11) is 1.76. The summed E-state index contributed by atoms with van der Waals surface area (Å²) < 4.78 is 5.22. The van der Waals surface area contributed by atoms with Crippen molar-refractivity contribution in [3.05, 3.63) is 24.3 Å². The average molecular weight is 235 g/mol. The quantitative estimate of drug-likeness (QED) is 0.743. The van der Waals surface area contributed by atoms with Gasteiger partial charge in [-0.15, -0.1) is 0 Å². The fourth-order valence-corrected chi connectivity index (χ4v) is 1.81. The third-order valence-electron chi connectivity index (χ3n) is 2.83. The summed E-state index contributed by atoms with van der Waals surface area (Å²) in [5.41, 5.74) is 7.17. The number of nitrogen functional groups attached to an aromatic ring is 1. The molecule has 0 bridgehead atoms. The number of carbonyl (C=O) groups is 1. The normalized spacial score (nSPS) is 15.7. The molecule has 2 N–H and O–H groups in total. The molecule has 1 aromatic rings. The summed E-state index contributed by atoms with van der Waals surface area (Å²) in [6.45, 7) is 2.50. The molecule has 92 valence electrons. The molecule has 17 heavy (non-hydrogen) atoms.